The van der Waals surface area contributed by atoms with Crippen LogP contribution in [0.4, 0.5) is 10.1 Å². The number of hydrogen-bond acceptors (Lipinski definition) is 2. The lowest BCUT2D eigenvalue weighted by Crippen LogP contribution is -2.14. The van der Waals surface area contributed by atoms with Gasteiger partial charge in [0.1, 0.15) is 5.82 Å². The molecule has 1 N–H and O–H groups in total. The van der Waals surface area contributed by atoms with Crippen molar-refractivity contribution in [2.45, 2.75) is 11.3 Å². The zero-order chi connectivity index (χ0) is 15.5. The van der Waals surface area contributed by atoms with Gasteiger partial charge in [-0.15, -0.1) is 11.6 Å². The molecule has 0 amide bonds. The monoisotopic (exact) mass is 347 g/mol. The maximum absolute atomic E-state index is 13.6. The largest absolute Gasteiger partial charge is 0.277 e. The number of rotatable bonds is 5. The molecule has 0 saturated heterocycles. The first-order valence-corrected chi connectivity index (χ1v) is 8.45. The van der Waals surface area contributed by atoms with Gasteiger partial charge in [-0.1, -0.05) is 23.7 Å². The van der Waals surface area contributed by atoms with Gasteiger partial charge in [-0.3, -0.25) is 4.72 Å². The molecule has 0 aromatic heterocycles. The molecule has 0 heterocycles. The maximum Gasteiger partial charge on any atom is 0.261 e. The van der Waals surface area contributed by atoms with Crippen LogP contribution in [-0.4, -0.2) is 14.3 Å². The summed E-state index contributed by atoms with van der Waals surface area (Å²) in [4.78, 5) is 0.0418. The number of halogens is 3. The molecule has 2 aromatic rings. The average Bonchev–Trinajstić information content (AvgIpc) is 2.44. The Morgan fingerprint density at radius 1 is 1.10 bits per heavy atom. The lowest BCUT2D eigenvalue weighted by Gasteiger charge is -2.10. The molecule has 0 radical (unpaired) electrons. The van der Waals surface area contributed by atoms with Crippen molar-refractivity contribution in [2.24, 2.45) is 0 Å². The molecule has 21 heavy (non-hydrogen) atoms. The van der Waals surface area contributed by atoms with Gasteiger partial charge in [0.05, 0.1) is 10.6 Å². The lowest BCUT2D eigenvalue weighted by atomic mass is 10.2. The van der Waals surface area contributed by atoms with Crippen LogP contribution >= 0.6 is 23.2 Å². The van der Waals surface area contributed by atoms with E-state index in [1.807, 2.05) is 0 Å². The van der Waals surface area contributed by atoms with Gasteiger partial charge in [0.25, 0.3) is 10.0 Å². The fourth-order valence-electron chi connectivity index (χ4n) is 1.72. The molecule has 0 spiro atoms. The molecule has 3 nitrogen and oxygen atoms in total. The summed E-state index contributed by atoms with van der Waals surface area (Å²) in [6.45, 7) is 0. The molecule has 0 unspecified atom stereocenters. The quantitative estimate of drug-likeness (QED) is 0.829. The van der Waals surface area contributed by atoms with Crippen LogP contribution in [0, 0.1) is 5.82 Å². The van der Waals surface area contributed by atoms with Crippen LogP contribution in [0.25, 0.3) is 0 Å². The number of sulfonamides is 1. The third-order valence-corrected chi connectivity index (χ3v) is 4.60. The molecule has 0 aliphatic carbocycles. The predicted octanol–water partition coefficient (Wildman–Crippen LogP) is 4.06. The Morgan fingerprint density at radius 3 is 2.38 bits per heavy atom. The second kappa shape index (κ2) is 6.64. The highest BCUT2D eigenvalue weighted by atomic mass is 35.5. The lowest BCUT2D eigenvalue weighted by molar-refractivity contribution is 0.598. The Kier molecular flexibility index (Phi) is 5.08. The van der Waals surface area contributed by atoms with E-state index in [-0.39, 0.29) is 15.6 Å². The van der Waals surface area contributed by atoms with Gasteiger partial charge in [0.15, 0.2) is 0 Å². The molecule has 2 aromatic carbocycles. The minimum atomic E-state index is -3.87. The summed E-state index contributed by atoms with van der Waals surface area (Å²) in [6.07, 6.45) is 0.651. The van der Waals surface area contributed by atoms with E-state index in [1.54, 1.807) is 12.1 Å². The molecular formula is C14H12Cl2FNO2S. The smallest absolute Gasteiger partial charge is 0.261 e. The van der Waals surface area contributed by atoms with Crippen molar-refractivity contribution >= 4 is 38.9 Å². The fraction of sp³-hybridized carbons (Fsp3) is 0.143. The standard InChI is InChI=1S/C14H12Cl2FNO2S/c15-8-7-10-1-4-12(5-2-10)21(19,20)18-14-9-11(16)3-6-13(14)17/h1-6,9,18H,7-8H2. The molecule has 0 bridgehead atoms. The minimum Gasteiger partial charge on any atom is -0.277 e. The Balaban J connectivity index is 2.27. The first-order valence-electron chi connectivity index (χ1n) is 6.05. The van der Waals surface area contributed by atoms with Crippen LogP contribution in [0.5, 0.6) is 0 Å². The number of nitrogens with one attached hydrogen (secondary N) is 1. The van der Waals surface area contributed by atoms with Crippen molar-refractivity contribution in [3.05, 3.63) is 58.9 Å². The van der Waals surface area contributed by atoms with E-state index in [2.05, 4.69) is 4.72 Å². The molecule has 0 aliphatic heterocycles. The zero-order valence-corrected chi connectivity index (χ0v) is 13.1. The zero-order valence-electron chi connectivity index (χ0n) is 10.8. The summed E-state index contributed by atoms with van der Waals surface area (Å²) in [6, 6.07) is 9.91. The summed E-state index contributed by atoms with van der Waals surface area (Å²) in [5.41, 5.74) is 0.741. The topological polar surface area (TPSA) is 46.2 Å². The van der Waals surface area contributed by atoms with Crippen molar-refractivity contribution < 1.29 is 12.8 Å². The second-order valence-electron chi connectivity index (χ2n) is 4.31. The van der Waals surface area contributed by atoms with Crippen molar-refractivity contribution in [3.63, 3.8) is 0 Å². The highest BCUT2D eigenvalue weighted by Gasteiger charge is 2.16. The van der Waals surface area contributed by atoms with Crippen LogP contribution in [-0.2, 0) is 16.4 Å². The summed E-state index contributed by atoms with van der Waals surface area (Å²) >= 11 is 11.4. The Morgan fingerprint density at radius 2 is 1.76 bits per heavy atom. The van der Waals surface area contributed by atoms with Crippen molar-refractivity contribution in [1.29, 1.82) is 0 Å². The fourth-order valence-corrected chi connectivity index (χ4v) is 3.17. The summed E-state index contributed by atoms with van der Waals surface area (Å²) in [7, 11) is -3.87. The molecule has 7 heteroatoms. The molecular weight excluding hydrogens is 336 g/mol. The number of aryl methyl sites for hydroxylation is 1. The molecule has 2 rings (SSSR count). The molecule has 0 saturated carbocycles. The highest BCUT2D eigenvalue weighted by Crippen LogP contribution is 2.23. The number of benzene rings is 2. The van der Waals surface area contributed by atoms with Crippen molar-refractivity contribution in [3.8, 4) is 0 Å². The summed E-state index contributed by atoms with van der Waals surface area (Å²) in [5.74, 6) is -0.236. The number of hydrogen-bond donors (Lipinski definition) is 1. The summed E-state index contributed by atoms with van der Waals surface area (Å²) < 4.78 is 40.1. The van der Waals surface area contributed by atoms with Crippen LogP contribution in [0.1, 0.15) is 5.56 Å². The number of alkyl halides is 1. The predicted molar refractivity (Wildman–Crippen MR) is 83.1 cm³/mol. The minimum absolute atomic E-state index is 0.0418. The second-order valence-corrected chi connectivity index (χ2v) is 6.81. The highest BCUT2D eigenvalue weighted by molar-refractivity contribution is 7.92. The van der Waals surface area contributed by atoms with E-state index >= 15 is 0 Å². The SMILES string of the molecule is O=S(=O)(Nc1cc(Cl)ccc1F)c1ccc(CCCl)cc1. The Bertz CT molecular complexity index is 733. The summed E-state index contributed by atoms with van der Waals surface area (Å²) in [5, 5.41) is 0.242. The van der Waals surface area contributed by atoms with E-state index in [0.29, 0.717) is 12.3 Å². The van der Waals surface area contributed by atoms with Gasteiger partial charge in [-0.2, -0.15) is 0 Å². The molecule has 0 fully saturated rings. The van der Waals surface area contributed by atoms with Gasteiger partial charge >= 0.3 is 0 Å². The third kappa shape index (κ3) is 4.09. The normalized spacial score (nSPS) is 11.4. The van der Waals surface area contributed by atoms with E-state index < -0.39 is 15.8 Å². The van der Waals surface area contributed by atoms with Crippen LogP contribution < -0.4 is 4.72 Å². The van der Waals surface area contributed by atoms with Gasteiger partial charge < -0.3 is 0 Å². The molecule has 112 valence electrons. The van der Waals surface area contributed by atoms with Crippen LogP contribution in [0.15, 0.2) is 47.4 Å². The van der Waals surface area contributed by atoms with Crippen LogP contribution in [0.2, 0.25) is 5.02 Å². The van der Waals surface area contributed by atoms with E-state index in [9.17, 15) is 12.8 Å². The first kappa shape index (κ1) is 16.1. The van der Waals surface area contributed by atoms with E-state index in [4.69, 9.17) is 23.2 Å². The first-order chi connectivity index (χ1) is 9.92. The van der Waals surface area contributed by atoms with Crippen LogP contribution in [0.3, 0.4) is 0 Å². The van der Waals surface area contributed by atoms with Gasteiger partial charge in [-0.25, -0.2) is 12.8 Å². The van der Waals surface area contributed by atoms with Gasteiger partial charge in [0.2, 0.25) is 0 Å². The van der Waals surface area contributed by atoms with Gasteiger partial charge in [0, 0.05) is 10.9 Å². The molecule has 0 atom stereocenters. The van der Waals surface area contributed by atoms with E-state index in [1.165, 1.54) is 24.3 Å². The molecule has 0 aliphatic rings. The van der Waals surface area contributed by atoms with Crippen molar-refractivity contribution in [2.75, 3.05) is 10.6 Å². The van der Waals surface area contributed by atoms with Crippen molar-refractivity contribution in [1.82, 2.24) is 0 Å². The number of anilines is 1. The Hall–Kier alpha value is -1.30. The maximum atomic E-state index is 13.6. The average molecular weight is 348 g/mol. The third-order valence-electron chi connectivity index (χ3n) is 2.79. The van der Waals surface area contributed by atoms with E-state index in [0.717, 1.165) is 11.6 Å². The van der Waals surface area contributed by atoms with Gasteiger partial charge in [-0.05, 0) is 42.3 Å². The Labute approximate surface area is 132 Å².